The molecular weight excluding hydrogens is 214 g/mol. The number of aromatic amines is 1. The van der Waals surface area contributed by atoms with Crippen LogP contribution >= 0.6 is 0 Å². The second-order valence-electron chi connectivity index (χ2n) is 3.87. The molecule has 1 amide bonds. The number of amides is 1. The normalized spacial score (nSPS) is 11.8. The summed E-state index contributed by atoms with van der Waals surface area (Å²) < 4.78 is 0. The summed E-state index contributed by atoms with van der Waals surface area (Å²) in [6.45, 7) is 3.80. The zero-order chi connectivity index (χ0) is 12.3. The predicted octanol–water partition coefficient (Wildman–Crippen LogP) is 2.86. The Kier molecular flexibility index (Phi) is 3.23. The molecule has 0 bridgehead atoms. The molecule has 88 valence electrons. The summed E-state index contributed by atoms with van der Waals surface area (Å²) in [6, 6.07) is 7.69. The number of anilines is 1. The first kappa shape index (κ1) is 11.4. The van der Waals surface area contributed by atoms with Crippen molar-refractivity contribution in [2.24, 2.45) is 0 Å². The Bertz CT molecular complexity index is 569. The van der Waals surface area contributed by atoms with Gasteiger partial charge in [-0.1, -0.05) is 25.1 Å². The molecule has 2 N–H and O–H groups in total. The highest BCUT2D eigenvalue weighted by molar-refractivity contribution is 6.07. The fourth-order valence-corrected chi connectivity index (χ4v) is 1.66. The molecule has 1 aromatic heterocycles. The van der Waals surface area contributed by atoms with Crippen LogP contribution in [0.2, 0.25) is 0 Å². The summed E-state index contributed by atoms with van der Waals surface area (Å²) in [7, 11) is 0. The number of aromatic nitrogens is 2. The number of hydrogen-bond acceptors (Lipinski definition) is 2. The molecule has 4 heteroatoms. The fourth-order valence-electron chi connectivity index (χ4n) is 1.66. The molecule has 2 aromatic rings. The molecular formula is C13H15N3O. The van der Waals surface area contributed by atoms with Gasteiger partial charge in [-0.05, 0) is 25.5 Å². The van der Waals surface area contributed by atoms with Crippen molar-refractivity contribution in [2.45, 2.75) is 20.3 Å². The number of allylic oxidation sites excluding steroid dienone is 1. The molecule has 0 aliphatic heterocycles. The topological polar surface area (TPSA) is 57.8 Å². The fraction of sp³-hybridized carbons (Fsp3) is 0.231. The van der Waals surface area contributed by atoms with Crippen LogP contribution in [0.5, 0.6) is 0 Å². The van der Waals surface area contributed by atoms with Crippen molar-refractivity contribution in [3.05, 3.63) is 35.9 Å². The summed E-state index contributed by atoms with van der Waals surface area (Å²) in [5, 5.41) is 10.7. The van der Waals surface area contributed by atoms with Gasteiger partial charge in [0.25, 0.3) is 5.91 Å². The number of hydrogen-bond donors (Lipinski definition) is 2. The molecule has 1 aromatic carbocycles. The quantitative estimate of drug-likeness (QED) is 0.795. The maximum atomic E-state index is 11.8. The van der Waals surface area contributed by atoms with Crippen molar-refractivity contribution in [3.63, 3.8) is 0 Å². The van der Waals surface area contributed by atoms with Crippen molar-refractivity contribution in [1.29, 1.82) is 0 Å². The monoisotopic (exact) mass is 229 g/mol. The predicted molar refractivity (Wildman–Crippen MR) is 68.8 cm³/mol. The molecule has 0 saturated heterocycles. The molecule has 0 fully saturated rings. The number of rotatable bonds is 3. The first-order chi connectivity index (χ1) is 8.22. The van der Waals surface area contributed by atoms with Crippen molar-refractivity contribution < 1.29 is 4.79 Å². The van der Waals surface area contributed by atoms with Gasteiger partial charge in [0.2, 0.25) is 0 Å². The molecule has 0 aliphatic rings. The number of H-pyrrole nitrogens is 1. The van der Waals surface area contributed by atoms with Crippen molar-refractivity contribution in [3.8, 4) is 0 Å². The number of benzene rings is 1. The van der Waals surface area contributed by atoms with E-state index in [9.17, 15) is 4.79 Å². The summed E-state index contributed by atoms with van der Waals surface area (Å²) in [5.41, 5.74) is 1.62. The minimum Gasteiger partial charge on any atom is -0.305 e. The Morgan fingerprint density at radius 3 is 3.00 bits per heavy atom. The van der Waals surface area contributed by atoms with Crippen LogP contribution in [0.25, 0.3) is 10.9 Å². The van der Waals surface area contributed by atoms with E-state index in [0.717, 1.165) is 17.3 Å². The average Bonchev–Trinajstić information content (AvgIpc) is 2.73. The van der Waals surface area contributed by atoms with Crippen LogP contribution in [0.3, 0.4) is 0 Å². The summed E-state index contributed by atoms with van der Waals surface area (Å²) >= 11 is 0. The minimum atomic E-state index is -0.107. The van der Waals surface area contributed by atoms with E-state index in [-0.39, 0.29) is 5.91 Å². The van der Waals surface area contributed by atoms with Gasteiger partial charge in [-0.15, -0.1) is 0 Å². The lowest BCUT2D eigenvalue weighted by Gasteiger charge is -2.02. The van der Waals surface area contributed by atoms with Gasteiger partial charge in [0.15, 0.2) is 5.82 Å². The van der Waals surface area contributed by atoms with E-state index >= 15 is 0 Å². The van der Waals surface area contributed by atoms with E-state index in [4.69, 9.17) is 0 Å². The highest BCUT2D eigenvalue weighted by Gasteiger charge is 2.09. The van der Waals surface area contributed by atoms with Crippen molar-refractivity contribution >= 4 is 22.6 Å². The molecule has 0 atom stereocenters. The lowest BCUT2D eigenvalue weighted by molar-refractivity contribution is -0.112. The highest BCUT2D eigenvalue weighted by atomic mass is 16.1. The molecule has 0 aliphatic carbocycles. The Labute approximate surface area is 99.7 Å². The van der Waals surface area contributed by atoms with E-state index in [1.54, 1.807) is 6.92 Å². The van der Waals surface area contributed by atoms with E-state index in [2.05, 4.69) is 15.5 Å². The summed E-state index contributed by atoms with van der Waals surface area (Å²) in [4.78, 5) is 11.8. The molecule has 4 nitrogen and oxygen atoms in total. The molecule has 0 saturated carbocycles. The van der Waals surface area contributed by atoms with Gasteiger partial charge >= 0.3 is 0 Å². The third-order valence-corrected chi connectivity index (χ3v) is 2.57. The van der Waals surface area contributed by atoms with Gasteiger partial charge in [0.05, 0.1) is 5.52 Å². The Morgan fingerprint density at radius 2 is 2.24 bits per heavy atom. The Morgan fingerprint density at radius 1 is 1.47 bits per heavy atom. The molecule has 0 unspecified atom stereocenters. The maximum absolute atomic E-state index is 11.8. The van der Waals surface area contributed by atoms with Crippen molar-refractivity contribution in [2.75, 3.05) is 5.32 Å². The first-order valence-corrected chi connectivity index (χ1v) is 5.63. The summed E-state index contributed by atoms with van der Waals surface area (Å²) in [6.07, 6.45) is 2.74. The average molecular weight is 229 g/mol. The number of carbonyl (C=O) groups is 1. The maximum Gasteiger partial charge on any atom is 0.252 e. The number of fused-ring (bicyclic) bond motifs is 1. The Balaban J connectivity index is 2.25. The zero-order valence-corrected chi connectivity index (χ0v) is 9.95. The van der Waals surface area contributed by atoms with Crippen LogP contribution in [0, 0.1) is 0 Å². The van der Waals surface area contributed by atoms with Crippen molar-refractivity contribution in [1.82, 2.24) is 10.2 Å². The van der Waals surface area contributed by atoms with E-state index < -0.39 is 0 Å². The minimum absolute atomic E-state index is 0.107. The number of nitrogens with zero attached hydrogens (tertiary/aromatic N) is 1. The van der Waals surface area contributed by atoms with Crippen LogP contribution in [0.4, 0.5) is 5.82 Å². The van der Waals surface area contributed by atoms with Gasteiger partial charge in [-0.2, -0.15) is 5.10 Å². The Hall–Kier alpha value is -2.10. The third-order valence-electron chi connectivity index (χ3n) is 2.57. The number of carbonyl (C=O) groups excluding carboxylic acids is 1. The van der Waals surface area contributed by atoms with Gasteiger partial charge in [-0.25, -0.2) is 0 Å². The standard InChI is InChI=1S/C13H15N3O/c1-3-6-9(2)13(17)14-12-10-7-4-5-8-11(10)15-16-12/h4-8H,3H2,1-2H3,(H2,14,15,16,17). The van der Waals surface area contributed by atoms with Gasteiger partial charge in [-0.3, -0.25) is 9.89 Å². The highest BCUT2D eigenvalue weighted by Crippen LogP contribution is 2.19. The molecule has 1 heterocycles. The largest absolute Gasteiger partial charge is 0.305 e. The number of para-hydroxylation sites is 1. The molecule has 0 spiro atoms. The van der Waals surface area contributed by atoms with E-state index in [1.165, 1.54) is 0 Å². The van der Waals surface area contributed by atoms with Gasteiger partial charge in [0.1, 0.15) is 0 Å². The molecule has 2 rings (SSSR count). The van der Waals surface area contributed by atoms with Gasteiger partial charge in [0, 0.05) is 11.0 Å². The number of nitrogens with one attached hydrogen (secondary N) is 2. The smallest absolute Gasteiger partial charge is 0.252 e. The second kappa shape index (κ2) is 4.82. The SMILES string of the molecule is CCC=C(C)C(=O)Nc1n[nH]c2ccccc12. The lowest BCUT2D eigenvalue weighted by atomic mass is 10.2. The van der Waals surface area contributed by atoms with Gasteiger partial charge < -0.3 is 5.32 Å². The third kappa shape index (κ3) is 2.36. The zero-order valence-electron chi connectivity index (χ0n) is 9.95. The van der Waals surface area contributed by atoms with Crippen LogP contribution in [-0.2, 0) is 4.79 Å². The van der Waals surface area contributed by atoms with Crippen LogP contribution < -0.4 is 5.32 Å². The van der Waals surface area contributed by atoms with E-state index in [1.807, 2.05) is 37.3 Å². The van der Waals surface area contributed by atoms with Crippen LogP contribution in [0.15, 0.2) is 35.9 Å². The molecule has 17 heavy (non-hydrogen) atoms. The first-order valence-electron chi connectivity index (χ1n) is 5.63. The summed E-state index contributed by atoms with van der Waals surface area (Å²) in [5.74, 6) is 0.471. The van der Waals surface area contributed by atoms with Crippen LogP contribution in [-0.4, -0.2) is 16.1 Å². The van der Waals surface area contributed by atoms with Crippen LogP contribution in [0.1, 0.15) is 20.3 Å². The lowest BCUT2D eigenvalue weighted by Crippen LogP contribution is -2.13. The molecule has 0 radical (unpaired) electrons. The van der Waals surface area contributed by atoms with E-state index in [0.29, 0.717) is 11.4 Å². The second-order valence-corrected chi connectivity index (χ2v) is 3.87.